The lowest BCUT2D eigenvalue weighted by Crippen LogP contribution is -2.46. The Kier molecular flexibility index (Phi) is 4.10. The highest BCUT2D eigenvalue weighted by molar-refractivity contribution is 14.1. The van der Waals surface area contributed by atoms with Crippen molar-refractivity contribution >= 4 is 28.6 Å². The lowest BCUT2D eigenvalue weighted by molar-refractivity contribution is -0.158. The van der Waals surface area contributed by atoms with Crippen LogP contribution in [0, 0.1) is 5.41 Å². The molecule has 0 amide bonds. The Morgan fingerprint density at radius 3 is 2.88 bits per heavy atom. The zero-order valence-electron chi connectivity index (χ0n) is 9.77. The number of ether oxygens (including phenoxy) is 2. The molecular formula is C12H17IO4. The predicted octanol–water partition coefficient (Wildman–Crippen LogP) is 1.80. The molecule has 1 N–H and O–H groups in total. The third kappa shape index (κ3) is 2.82. The summed E-state index contributed by atoms with van der Waals surface area (Å²) in [6, 6.07) is 0. The van der Waals surface area contributed by atoms with Crippen LogP contribution in [0.2, 0.25) is 0 Å². The average Bonchev–Trinajstić information content (AvgIpc) is 3.06. The van der Waals surface area contributed by atoms with E-state index in [1.807, 2.05) is 10.2 Å². The van der Waals surface area contributed by atoms with Crippen molar-refractivity contribution in [2.45, 2.75) is 44.0 Å². The van der Waals surface area contributed by atoms with E-state index in [4.69, 9.17) is 4.74 Å². The molecule has 1 spiro atoms. The standard InChI is InChI=1S/C12H17IO4/c1-16-10(14)6-8-7-12(3-4-12)11(15)9(17-8)2-5-13/h2,5,8-9,11,15H,3-4,6-7H2,1H3/b5-2+/t8-,9-,11-/m1/s1. The summed E-state index contributed by atoms with van der Waals surface area (Å²) < 4.78 is 12.3. The summed E-state index contributed by atoms with van der Waals surface area (Å²) in [4.78, 5) is 11.3. The van der Waals surface area contributed by atoms with E-state index in [9.17, 15) is 9.90 Å². The van der Waals surface area contributed by atoms with Gasteiger partial charge in [-0.3, -0.25) is 4.79 Å². The minimum Gasteiger partial charge on any atom is -0.469 e. The van der Waals surface area contributed by atoms with Crippen molar-refractivity contribution in [1.29, 1.82) is 0 Å². The number of aliphatic hydroxyl groups excluding tert-OH is 1. The second-order valence-electron chi connectivity index (χ2n) is 4.83. The van der Waals surface area contributed by atoms with E-state index in [2.05, 4.69) is 27.3 Å². The van der Waals surface area contributed by atoms with Crippen molar-refractivity contribution in [3.63, 3.8) is 0 Å². The number of carbonyl (C=O) groups excluding carboxylic acids is 1. The molecule has 1 saturated carbocycles. The third-order valence-electron chi connectivity index (χ3n) is 3.70. The van der Waals surface area contributed by atoms with Gasteiger partial charge >= 0.3 is 5.97 Å². The van der Waals surface area contributed by atoms with Crippen LogP contribution in [-0.2, 0) is 14.3 Å². The Hall–Kier alpha value is -0.140. The van der Waals surface area contributed by atoms with Crippen LogP contribution in [0.5, 0.6) is 0 Å². The number of rotatable bonds is 3. The van der Waals surface area contributed by atoms with Crippen LogP contribution in [0.25, 0.3) is 0 Å². The highest BCUT2D eigenvalue weighted by Crippen LogP contribution is 2.56. The lowest BCUT2D eigenvalue weighted by Gasteiger charge is -2.38. The second-order valence-corrected chi connectivity index (χ2v) is 5.55. The predicted molar refractivity (Wildman–Crippen MR) is 70.7 cm³/mol. The molecule has 2 rings (SSSR count). The van der Waals surface area contributed by atoms with Crippen LogP contribution in [0.1, 0.15) is 25.7 Å². The Balaban J connectivity index is 2.03. The van der Waals surface area contributed by atoms with Gasteiger partial charge in [-0.1, -0.05) is 22.6 Å². The molecule has 1 heterocycles. The van der Waals surface area contributed by atoms with E-state index < -0.39 is 6.10 Å². The molecule has 5 heteroatoms. The first-order valence-corrected chi connectivity index (χ1v) is 7.03. The first kappa shape index (κ1) is 13.3. The normalized spacial score (nSPS) is 35.1. The molecule has 0 aromatic carbocycles. The summed E-state index contributed by atoms with van der Waals surface area (Å²) in [7, 11) is 1.38. The van der Waals surface area contributed by atoms with Gasteiger partial charge in [0.1, 0.15) is 6.10 Å². The SMILES string of the molecule is COC(=O)C[C@@H]1CC2(CC2)[C@H](O)[C@@H](/C=C/I)O1. The molecule has 0 unspecified atom stereocenters. The molecule has 0 aromatic rings. The van der Waals surface area contributed by atoms with Gasteiger partial charge in [0.15, 0.2) is 0 Å². The van der Waals surface area contributed by atoms with E-state index in [0.29, 0.717) is 0 Å². The second kappa shape index (κ2) is 5.24. The van der Waals surface area contributed by atoms with Crippen LogP contribution in [0.4, 0.5) is 0 Å². The summed E-state index contributed by atoms with van der Waals surface area (Å²) in [6.07, 6.45) is 4.08. The van der Waals surface area contributed by atoms with E-state index in [1.54, 1.807) is 0 Å². The minimum absolute atomic E-state index is 0.0161. The fourth-order valence-corrected chi connectivity index (χ4v) is 2.95. The van der Waals surface area contributed by atoms with Crippen LogP contribution in [0.15, 0.2) is 10.2 Å². The van der Waals surface area contributed by atoms with Gasteiger partial charge in [-0.25, -0.2) is 0 Å². The summed E-state index contributed by atoms with van der Waals surface area (Å²) >= 11 is 2.11. The number of aliphatic hydroxyl groups is 1. The maximum atomic E-state index is 11.3. The number of hydrogen-bond acceptors (Lipinski definition) is 4. The van der Waals surface area contributed by atoms with Crippen LogP contribution in [0.3, 0.4) is 0 Å². The van der Waals surface area contributed by atoms with Crippen LogP contribution in [-0.4, -0.2) is 36.5 Å². The zero-order valence-corrected chi connectivity index (χ0v) is 11.9. The number of halogens is 1. The molecule has 1 saturated heterocycles. The van der Waals surface area contributed by atoms with Crippen molar-refractivity contribution in [2.75, 3.05) is 7.11 Å². The molecule has 2 fully saturated rings. The van der Waals surface area contributed by atoms with E-state index >= 15 is 0 Å². The van der Waals surface area contributed by atoms with Gasteiger partial charge in [0, 0.05) is 5.41 Å². The van der Waals surface area contributed by atoms with Gasteiger partial charge in [0.2, 0.25) is 0 Å². The monoisotopic (exact) mass is 352 g/mol. The molecule has 0 aromatic heterocycles. The average molecular weight is 352 g/mol. The van der Waals surface area contributed by atoms with E-state index in [1.165, 1.54) is 7.11 Å². The first-order chi connectivity index (χ1) is 8.11. The van der Waals surface area contributed by atoms with Crippen molar-refractivity contribution in [3.05, 3.63) is 10.2 Å². The molecular weight excluding hydrogens is 335 g/mol. The molecule has 2 aliphatic rings. The fraction of sp³-hybridized carbons (Fsp3) is 0.750. The Labute approximate surface area is 114 Å². The van der Waals surface area contributed by atoms with Gasteiger partial charge in [-0.05, 0) is 29.4 Å². The number of methoxy groups -OCH3 is 1. The van der Waals surface area contributed by atoms with Gasteiger partial charge in [0.25, 0.3) is 0 Å². The fourth-order valence-electron chi connectivity index (χ4n) is 2.54. The smallest absolute Gasteiger partial charge is 0.308 e. The van der Waals surface area contributed by atoms with Crippen molar-refractivity contribution in [2.24, 2.45) is 5.41 Å². The highest BCUT2D eigenvalue weighted by Gasteiger charge is 2.56. The molecule has 3 atom stereocenters. The maximum absolute atomic E-state index is 11.3. The molecule has 17 heavy (non-hydrogen) atoms. The van der Waals surface area contributed by atoms with Gasteiger partial charge < -0.3 is 14.6 Å². The van der Waals surface area contributed by atoms with E-state index in [0.717, 1.165) is 19.3 Å². The highest BCUT2D eigenvalue weighted by atomic mass is 127. The third-order valence-corrected chi connectivity index (χ3v) is 4.11. The lowest BCUT2D eigenvalue weighted by atomic mass is 9.84. The molecule has 96 valence electrons. The summed E-state index contributed by atoms with van der Waals surface area (Å²) in [5.41, 5.74) is -0.0161. The topological polar surface area (TPSA) is 55.8 Å². The first-order valence-electron chi connectivity index (χ1n) is 5.78. The van der Waals surface area contributed by atoms with Crippen molar-refractivity contribution < 1.29 is 19.4 Å². The van der Waals surface area contributed by atoms with Crippen molar-refractivity contribution in [3.8, 4) is 0 Å². The van der Waals surface area contributed by atoms with Crippen LogP contribution >= 0.6 is 22.6 Å². The molecule has 0 radical (unpaired) electrons. The maximum Gasteiger partial charge on any atom is 0.308 e. The quantitative estimate of drug-likeness (QED) is 0.622. The van der Waals surface area contributed by atoms with Crippen LogP contribution < -0.4 is 0 Å². The zero-order chi connectivity index (χ0) is 12.5. The van der Waals surface area contributed by atoms with Gasteiger partial charge in [-0.15, -0.1) is 0 Å². The molecule has 1 aliphatic heterocycles. The number of hydrogen-bond donors (Lipinski definition) is 1. The summed E-state index contributed by atoms with van der Waals surface area (Å²) in [5, 5.41) is 10.2. The van der Waals surface area contributed by atoms with Crippen molar-refractivity contribution in [1.82, 2.24) is 0 Å². The minimum atomic E-state index is -0.442. The Morgan fingerprint density at radius 2 is 2.35 bits per heavy atom. The Bertz CT molecular complexity index is 324. The number of esters is 1. The summed E-state index contributed by atoms with van der Waals surface area (Å²) in [6.45, 7) is 0. The number of carbonyl (C=O) groups is 1. The molecule has 0 bridgehead atoms. The van der Waals surface area contributed by atoms with E-state index in [-0.39, 0.29) is 30.0 Å². The molecule has 4 nitrogen and oxygen atoms in total. The van der Waals surface area contributed by atoms with Gasteiger partial charge in [-0.2, -0.15) is 0 Å². The summed E-state index contributed by atoms with van der Waals surface area (Å²) in [5.74, 6) is -0.251. The molecule has 1 aliphatic carbocycles. The van der Waals surface area contributed by atoms with Gasteiger partial charge in [0.05, 0.1) is 25.7 Å². The Morgan fingerprint density at radius 1 is 1.65 bits per heavy atom. The largest absolute Gasteiger partial charge is 0.469 e.